The molecular weight excluding hydrogens is 390 g/mol. The number of carbonyl (C=O) groups is 1. The molecule has 7 nitrogen and oxygen atoms in total. The number of methoxy groups -OCH3 is 1. The second-order valence-electron chi connectivity index (χ2n) is 6.14. The molecule has 1 aromatic heterocycles. The summed E-state index contributed by atoms with van der Waals surface area (Å²) in [6.07, 6.45) is 3.24. The molecule has 0 saturated carbocycles. The number of esters is 1. The van der Waals surface area contributed by atoms with E-state index in [0.29, 0.717) is 6.54 Å². The van der Waals surface area contributed by atoms with Crippen LogP contribution in [0.4, 0.5) is 0 Å². The predicted molar refractivity (Wildman–Crippen MR) is 103 cm³/mol. The van der Waals surface area contributed by atoms with Crippen LogP contribution in [0.15, 0.2) is 47.6 Å². The Morgan fingerprint density at radius 2 is 1.96 bits per heavy atom. The predicted octanol–water partition coefficient (Wildman–Crippen LogP) is 2.27. The number of ether oxygens (including phenoxy) is 1. The summed E-state index contributed by atoms with van der Waals surface area (Å²) in [5, 5.41) is 0.0451. The minimum absolute atomic E-state index is 0.0451. The summed E-state index contributed by atoms with van der Waals surface area (Å²) in [5.74, 6) is -0.629. The fraction of sp³-hybridized carbons (Fsp3) is 0.333. The Kier molecular flexibility index (Phi) is 7.32. The fourth-order valence-electron chi connectivity index (χ4n) is 2.38. The van der Waals surface area contributed by atoms with Crippen molar-refractivity contribution >= 4 is 27.6 Å². The fourth-order valence-corrected chi connectivity index (χ4v) is 4.30. The molecule has 2 rings (SSSR count). The van der Waals surface area contributed by atoms with E-state index in [1.807, 2.05) is 19.0 Å². The molecule has 0 N–H and O–H groups in total. The Morgan fingerprint density at radius 1 is 1.22 bits per heavy atom. The Morgan fingerprint density at radius 3 is 2.56 bits per heavy atom. The van der Waals surface area contributed by atoms with Gasteiger partial charge in [-0.15, -0.1) is 0 Å². The van der Waals surface area contributed by atoms with E-state index in [1.165, 1.54) is 29.6 Å². The van der Waals surface area contributed by atoms with E-state index in [4.69, 9.17) is 11.6 Å². The van der Waals surface area contributed by atoms with Gasteiger partial charge in [0.05, 0.1) is 17.7 Å². The van der Waals surface area contributed by atoms with E-state index in [9.17, 15) is 13.2 Å². The van der Waals surface area contributed by atoms with Crippen molar-refractivity contribution in [2.45, 2.75) is 11.4 Å². The molecule has 0 radical (unpaired) electrons. The number of likely N-dealkylation sites (N-methyl/N-ethyl adjacent to an activating group) is 1. The quantitative estimate of drug-likeness (QED) is 0.620. The SMILES string of the molecule is COC(=O)c1ccc(Cl)c(S(=O)(=O)N(CCN(C)C)Cc2cccnc2)c1. The van der Waals surface area contributed by atoms with Gasteiger partial charge < -0.3 is 9.64 Å². The summed E-state index contributed by atoms with van der Waals surface area (Å²) in [7, 11) is 1.00. The molecule has 0 spiro atoms. The monoisotopic (exact) mass is 411 g/mol. The molecule has 0 aliphatic heterocycles. The Labute approximate surface area is 164 Å². The zero-order valence-corrected chi connectivity index (χ0v) is 17.0. The molecule has 0 saturated heterocycles. The van der Waals surface area contributed by atoms with E-state index in [2.05, 4.69) is 9.72 Å². The number of hydrogen-bond acceptors (Lipinski definition) is 6. The summed E-state index contributed by atoms with van der Waals surface area (Å²) in [5.41, 5.74) is 0.870. The van der Waals surface area contributed by atoms with Gasteiger partial charge in [0.2, 0.25) is 10.0 Å². The van der Waals surface area contributed by atoms with Crippen molar-refractivity contribution in [1.29, 1.82) is 0 Å². The molecule has 0 aliphatic carbocycles. The van der Waals surface area contributed by atoms with E-state index in [0.717, 1.165) is 5.56 Å². The maximum Gasteiger partial charge on any atom is 0.337 e. The lowest BCUT2D eigenvalue weighted by Crippen LogP contribution is -2.36. The van der Waals surface area contributed by atoms with E-state index < -0.39 is 16.0 Å². The number of nitrogens with zero attached hydrogens (tertiary/aromatic N) is 3. The Bertz CT molecular complexity index is 889. The standard InChI is InChI=1S/C18H22ClN3O4S/c1-21(2)9-10-22(13-14-5-4-8-20-12-14)27(24,25)17-11-15(18(23)26-3)6-7-16(17)19/h4-8,11-12H,9-10,13H2,1-3H3. The first-order chi connectivity index (χ1) is 12.8. The minimum atomic E-state index is -3.95. The topological polar surface area (TPSA) is 79.8 Å². The Balaban J connectivity index is 2.44. The summed E-state index contributed by atoms with van der Waals surface area (Å²) in [4.78, 5) is 17.6. The van der Waals surface area contributed by atoms with Gasteiger partial charge in [-0.1, -0.05) is 17.7 Å². The van der Waals surface area contributed by atoms with Crippen molar-refractivity contribution in [3.63, 3.8) is 0 Å². The van der Waals surface area contributed by atoms with E-state index in [-0.39, 0.29) is 28.6 Å². The number of carbonyl (C=O) groups excluding carboxylic acids is 1. The summed E-state index contributed by atoms with van der Waals surface area (Å²) < 4.78 is 32.6. The molecule has 0 fully saturated rings. The number of halogens is 1. The highest BCUT2D eigenvalue weighted by Gasteiger charge is 2.28. The molecule has 0 unspecified atom stereocenters. The highest BCUT2D eigenvalue weighted by atomic mass is 35.5. The number of pyridine rings is 1. The van der Waals surface area contributed by atoms with Crippen LogP contribution in [-0.4, -0.2) is 62.9 Å². The van der Waals surface area contributed by atoms with Gasteiger partial charge in [-0.3, -0.25) is 4.98 Å². The van der Waals surface area contributed by atoms with Crippen LogP contribution in [0.3, 0.4) is 0 Å². The lowest BCUT2D eigenvalue weighted by atomic mass is 10.2. The number of aromatic nitrogens is 1. The van der Waals surface area contributed by atoms with Gasteiger partial charge in [0.1, 0.15) is 4.90 Å². The van der Waals surface area contributed by atoms with Crippen LogP contribution in [0, 0.1) is 0 Å². The molecule has 0 bridgehead atoms. The summed E-state index contributed by atoms with van der Waals surface area (Å²) >= 11 is 6.16. The summed E-state index contributed by atoms with van der Waals surface area (Å²) in [6.45, 7) is 0.916. The third-order valence-corrected chi connectivity index (χ3v) is 6.18. The zero-order valence-electron chi connectivity index (χ0n) is 15.4. The third kappa shape index (κ3) is 5.49. The van der Waals surface area contributed by atoms with Gasteiger partial charge in [0.25, 0.3) is 0 Å². The second-order valence-corrected chi connectivity index (χ2v) is 8.45. The van der Waals surface area contributed by atoms with Crippen LogP contribution in [0.2, 0.25) is 5.02 Å². The summed E-state index contributed by atoms with van der Waals surface area (Å²) in [6, 6.07) is 7.61. The van der Waals surface area contributed by atoms with Crippen molar-refractivity contribution in [2.75, 3.05) is 34.3 Å². The van der Waals surface area contributed by atoms with Crippen molar-refractivity contribution < 1.29 is 17.9 Å². The molecule has 0 atom stereocenters. The smallest absolute Gasteiger partial charge is 0.337 e. The van der Waals surface area contributed by atoms with Crippen molar-refractivity contribution in [3.05, 3.63) is 58.9 Å². The normalized spacial score (nSPS) is 11.8. The molecule has 0 amide bonds. The van der Waals surface area contributed by atoms with Gasteiger partial charge in [0, 0.05) is 32.0 Å². The van der Waals surface area contributed by atoms with Crippen LogP contribution in [0.1, 0.15) is 15.9 Å². The maximum atomic E-state index is 13.3. The highest BCUT2D eigenvalue weighted by molar-refractivity contribution is 7.89. The molecule has 1 heterocycles. The lowest BCUT2D eigenvalue weighted by molar-refractivity contribution is 0.0600. The lowest BCUT2D eigenvalue weighted by Gasteiger charge is -2.24. The van der Waals surface area contributed by atoms with Crippen molar-refractivity contribution in [1.82, 2.24) is 14.2 Å². The Hall–Kier alpha value is -2.00. The van der Waals surface area contributed by atoms with Gasteiger partial charge in [-0.2, -0.15) is 4.31 Å². The zero-order chi connectivity index (χ0) is 20.0. The second kappa shape index (κ2) is 9.27. The largest absolute Gasteiger partial charge is 0.465 e. The van der Waals surface area contributed by atoms with E-state index in [1.54, 1.807) is 24.5 Å². The molecule has 0 aliphatic rings. The van der Waals surface area contributed by atoms with Gasteiger partial charge in [-0.25, -0.2) is 13.2 Å². The highest BCUT2D eigenvalue weighted by Crippen LogP contribution is 2.27. The molecule has 146 valence electrons. The van der Waals surface area contributed by atoms with Crippen LogP contribution in [0.25, 0.3) is 0 Å². The first kappa shape index (κ1) is 21.3. The van der Waals surface area contributed by atoms with Crippen LogP contribution in [0.5, 0.6) is 0 Å². The number of sulfonamides is 1. The minimum Gasteiger partial charge on any atom is -0.465 e. The molecule has 2 aromatic rings. The van der Waals surface area contributed by atoms with Gasteiger partial charge in [-0.05, 0) is 43.9 Å². The van der Waals surface area contributed by atoms with Crippen LogP contribution in [-0.2, 0) is 21.3 Å². The van der Waals surface area contributed by atoms with Crippen LogP contribution < -0.4 is 0 Å². The molecule has 27 heavy (non-hydrogen) atoms. The third-order valence-electron chi connectivity index (χ3n) is 3.85. The molecular formula is C18H22ClN3O4S. The van der Waals surface area contributed by atoms with E-state index >= 15 is 0 Å². The number of benzene rings is 1. The maximum absolute atomic E-state index is 13.3. The van der Waals surface area contributed by atoms with Gasteiger partial charge >= 0.3 is 5.97 Å². The molecule has 9 heteroatoms. The molecule has 1 aromatic carbocycles. The van der Waals surface area contributed by atoms with Crippen molar-refractivity contribution in [2.24, 2.45) is 0 Å². The average Bonchev–Trinajstić information content (AvgIpc) is 2.65. The first-order valence-corrected chi connectivity index (χ1v) is 9.99. The number of rotatable bonds is 8. The average molecular weight is 412 g/mol. The van der Waals surface area contributed by atoms with Crippen LogP contribution >= 0.6 is 11.6 Å². The van der Waals surface area contributed by atoms with Crippen molar-refractivity contribution in [3.8, 4) is 0 Å². The van der Waals surface area contributed by atoms with Gasteiger partial charge in [0.15, 0.2) is 0 Å². The number of hydrogen-bond donors (Lipinski definition) is 0. The first-order valence-electron chi connectivity index (χ1n) is 8.17.